The predicted octanol–water partition coefficient (Wildman–Crippen LogP) is 2.66. The van der Waals surface area contributed by atoms with Gasteiger partial charge in [0.15, 0.2) is 5.58 Å². The maximum Gasteiger partial charge on any atom is 0.295 e. The van der Waals surface area contributed by atoms with Gasteiger partial charge in [-0.15, -0.1) is 0 Å². The molecule has 2 heterocycles. The van der Waals surface area contributed by atoms with Crippen molar-refractivity contribution >= 4 is 17.1 Å². The van der Waals surface area contributed by atoms with E-state index in [1.54, 1.807) is 0 Å². The minimum atomic E-state index is 0.386. The first-order chi connectivity index (χ1) is 8.33. The van der Waals surface area contributed by atoms with E-state index in [1.165, 1.54) is 0 Å². The molecular weight excluding hydrogens is 216 g/mol. The number of anilines is 1. The Morgan fingerprint density at radius 2 is 2.24 bits per heavy atom. The predicted molar refractivity (Wildman–Crippen MR) is 66.0 cm³/mol. The highest BCUT2D eigenvalue weighted by Gasteiger charge is 2.23. The number of nitrogens with one attached hydrogen (secondary N) is 1. The quantitative estimate of drug-likeness (QED) is 0.864. The van der Waals surface area contributed by atoms with Crippen molar-refractivity contribution in [3.8, 4) is 0 Å². The van der Waals surface area contributed by atoms with Crippen molar-refractivity contribution in [3.63, 3.8) is 0 Å². The minimum Gasteiger partial charge on any atom is -0.424 e. The summed E-state index contributed by atoms with van der Waals surface area (Å²) in [6, 6.07) is 8.81. The smallest absolute Gasteiger partial charge is 0.295 e. The van der Waals surface area contributed by atoms with Gasteiger partial charge in [-0.1, -0.05) is 19.1 Å². The van der Waals surface area contributed by atoms with E-state index in [1.807, 2.05) is 24.3 Å². The molecule has 1 aliphatic rings. The monoisotopic (exact) mass is 232 g/mol. The van der Waals surface area contributed by atoms with Crippen LogP contribution in [0.15, 0.2) is 28.7 Å². The van der Waals surface area contributed by atoms with E-state index in [4.69, 9.17) is 9.15 Å². The summed E-state index contributed by atoms with van der Waals surface area (Å²) in [6.45, 7) is 3.79. The second kappa shape index (κ2) is 4.37. The van der Waals surface area contributed by atoms with E-state index in [9.17, 15) is 0 Å². The third kappa shape index (κ3) is 2.13. The molecule has 1 fully saturated rings. The Labute approximate surface area is 100.0 Å². The van der Waals surface area contributed by atoms with Crippen molar-refractivity contribution in [1.29, 1.82) is 0 Å². The van der Waals surface area contributed by atoms with Gasteiger partial charge in [0.1, 0.15) is 5.52 Å². The number of ether oxygens (including phenoxy) is 1. The summed E-state index contributed by atoms with van der Waals surface area (Å²) >= 11 is 0. The van der Waals surface area contributed by atoms with Crippen molar-refractivity contribution in [2.24, 2.45) is 5.92 Å². The summed E-state index contributed by atoms with van der Waals surface area (Å²) in [5.74, 6) is 0.485. The van der Waals surface area contributed by atoms with Crippen LogP contribution in [0.25, 0.3) is 11.1 Å². The average Bonchev–Trinajstić information content (AvgIpc) is 2.74. The molecule has 0 spiro atoms. The fourth-order valence-corrected chi connectivity index (χ4v) is 2.19. The summed E-state index contributed by atoms with van der Waals surface area (Å²) in [5, 5.41) is 3.36. The van der Waals surface area contributed by atoms with Crippen LogP contribution in [0, 0.1) is 5.92 Å². The van der Waals surface area contributed by atoms with Crippen LogP contribution in [-0.4, -0.2) is 24.2 Å². The first kappa shape index (κ1) is 10.6. The third-order valence-electron chi connectivity index (χ3n) is 3.24. The van der Waals surface area contributed by atoms with Gasteiger partial charge >= 0.3 is 0 Å². The van der Waals surface area contributed by atoms with Crippen LogP contribution in [0.2, 0.25) is 0 Å². The Morgan fingerprint density at radius 3 is 3.06 bits per heavy atom. The molecule has 90 valence electrons. The lowest BCUT2D eigenvalue weighted by Crippen LogP contribution is -2.36. The third-order valence-corrected chi connectivity index (χ3v) is 3.24. The van der Waals surface area contributed by atoms with Crippen molar-refractivity contribution in [2.75, 3.05) is 18.5 Å². The lowest BCUT2D eigenvalue weighted by Gasteiger charge is -2.28. The lowest BCUT2D eigenvalue weighted by atomic mass is 9.98. The number of hydrogen-bond donors (Lipinski definition) is 1. The molecule has 0 radical (unpaired) electrons. The maximum absolute atomic E-state index is 5.66. The molecule has 0 saturated carbocycles. The number of para-hydroxylation sites is 2. The molecule has 4 nitrogen and oxygen atoms in total. The van der Waals surface area contributed by atoms with Crippen molar-refractivity contribution < 1.29 is 9.15 Å². The van der Waals surface area contributed by atoms with E-state index in [2.05, 4.69) is 17.2 Å². The topological polar surface area (TPSA) is 47.3 Å². The average molecular weight is 232 g/mol. The van der Waals surface area contributed by atoms with Gasteiger partial charge in [-0.2, -0.15) is 4.98 Å². The molecule has 17 heavy (non-hydrogen) atoms. The molecular formula is C13H16N2O2. The maximum atomic E-state index is 5.66. The van der Waals surface area contributed by atoms with Crippen LogP contribution >= 0.6 is 0 Å². The number of fused-ring (bicyclic) bond motifs is 1. The molecule has 1 N–H and O–H groups in total. The van der Waals surface area contributed by atoms with Crippen LogP contribution in [-0.2, 0) is 4.74 Å². The SMILES string of the molecule is CC1COCCC1Nc1nc2ccccc2o1. The standard InChI is InChI=1S/C13H16N2O2/c1-9-8-16-7-6-10(9)14-13-15-11-4-2-3-5-12(11)17-13/h2-5,9-10H,6-8H2,1H3,(H,14,15). The van der Waals surface area contributed by atoms with Crippen molar-refractivity contribution in [3.05, 3.63) is 24.3 Å². The summed E-state index contributed by atoms with van der Waals surface area (Å²) in [4.78, 5) is 4.42. The van der Waals surface area contributed by atoms with Crippen LogP contribution in [0.1, 0.15) is 13.3 Å². The number of hydrogen-bond acceptors (Lipinski definition) is 4. The van der Waals surface area contributed by atoms with E-state index in [-0.39, 0.29) is 0 Å². The zero-order valence-electron chi connectivity index (χ0n) is 9.85. The molecule has 2 atom stereocenters. The van der Waals surface area contributed by atoms with Crippen LogP contribution in [0.3, 0.4) is 0 Å². The van der Waals surface area contributed by atoms with Gasteiger partial charge in [0.25, 0.3) is 6.01 Å². The molecule has 3 rings (SSSR count). The van der Waals surface area contributed by atoms with Gasteiger partial charge in [0, 0.05) is 12.6 Å². The molecule has 2 aromatic rings. The number of benzene rings is 1. The Hall–Kier alpha value is -1.55. The van der Waals surface area contributed by atoms with Gasteiger partial charge in [0.2, 0.25) is 0 Å². The molecule has 0 amide bonds. The van der Waals surface area contributed by atoms with Crippen molar-refractivity contribution in [2.45, 2.75) is 19.4 Å². The van der Waals surface area contributed by atoms with Gasteiger partial charge in [-0.25, -0.2) is 0 Å². The van der Waals surface area contributed by atoms with Gasteiger partial charge in [0.05, 0.1) is 6.61 Å². The summed E-state index contributed by atoms with van der Waals surface area (Å²) in [5.41, 5.74) is 1.73. The van der Waals surface area contributed by atoms with E-state index < -0.39 is 0 Å². The Bertz CT molecular complexity index is 476. The second-order valence-corrected chi connectivity index (χ2v) is 4.58. The fourth-order valence-electron chi connectivity index (χ4n) is 2.19. The van der Waals surface area contributed by atoms with Gasteiger partial charge in [-0.3, -0.25) is 0 Å². The molecule has 0 bridgehead atoms. The molecule has 4 heteroatoms. The Kier molecular flexibility index (Phi) is 2.73. The molecule has 1 aromatic heterocycles. The lowest BCUT2D eigenvalue weighted by molar-refractivity contribution is 0.0532. The first-order valence-corrected chi connectivity index (χ1v) is 6.03. The fraction of sp³-hybridized carbons (Fsp3) is 0.462. The highest BCUT2D eigenvalue weighted by atomic mass is 16.5. The summed E-state index contributed by atoms with van der Waals surface area (Å²) in [7, 11) is 0. The molecule has 1 aliphatic heterocycles. The zero-order valence-corrected chi connectivity index (χ0v) is 9.85. The number of aromatic nitrogens is 1. The number of rotatable bonds is 2. The van der Waals surface area contributed by atoms with Crippen molar-refractivity contribution in [1.82, 2.24) is 4.98 Å². The highest BCUT2D eigenvalue weighted by molar-refractivity contribution is 5.74. The second-order valence-electron chi connectivity index (χ2n) is 4.58. The summed E-state index contributed by atoms with van der Waals surface area (Å²) in [6.07, 6.45) is 1.000. The zero-order chi connectivity index (χ0) is 11.7. The minimum absolute atomic E-state index is 0.386. The Morgan fingerprint density at radius 1 is 1.35 bits per heavy atom. The van der Waals surface area contributed by atoms with Gasteiger partial charge < -0.3 is 14.5 Å². The molecule has 1 aromatic carbocycles. The van der Waals surface area contributed by atoms with E-state index in [0.29, 0.717) is 18.0 Å². The number of oxazole rings is 1. The summed E-state index contributed by atoms with van der Waals surface area (Å²) < 4.78 is 11.1. The Balaban J connectivity index is 1.79. The van der Waals surface area contributed by atoms with Crippen LogP contribution < -0.4 is 5.32 Å². The molecule has 0 aliphatic carbocycles. The van der Waals surface area contributed by atoms with E-state index >= 15 is 0 Å². The van der Waals surface area contributed by atoms with Crippen LogP contribution in [0.4, 0.5) is 6.01 Å². The van der Waals surface area contributed by atoms with E-state index in [0.717, 1.165) is 30.7 Å². The van der Waals surface area contributed by atoms with Gasteiger partial charge in [-0.05, 0) is 24.5 Å². The number of nitrogens with zero attached hydrogens (tertiary/aromatic N) is 1. The van der Waals surface area contributed by atoms with Crippen LogP contribution in [0.5, 0.6) is 0 Å². The molecule has 2 unspecified atom stereocenters. The largest absolute Gasteiger partial charge is 0.424 e. The highest BCUT2D eigenvalue weighted by Crippen LogP contribution is 2.22. The first-order valence-electron chi connectivity index (χ1n) is 6.03. The molecule has 1 saturated heterocycles. The normalized spacial score (nSPS) is 25.0.